The summed E-state index contributed by atoms with van der Waals surface area (Å²) in [5.41, 5.74) is 2.42. The van der Waals surface area contributed by atoms with Gasteiger partial charge >= 0.3 is 0 Å². The van der Waals surface area contributed by atoms with Crippen molar-refractivity contribution in [2.45, 2.75) is 46.1 Å². The van der Waals surface area contributed by atoms with Crippen molar-refractivity contribution in [1.29, 1.82) is 5.41 Å². The molecule has 3 heterocycles. The number of amides is 1. The number of thioether (sulfide) groups is 1. The molecule has 32 heavy (non-hydrogen) atoms. The zero-order valence-corrected chi connectivity index (χ0v) is 19.6. The summed E-state index contributed by atoms with van der Waals surface area (Å²) in [5.74, 6) is 0.468. The number of hydrogen-bond donors (Lipinski definition) is 1. The molecule has 0 fully saturated rings. The van der Waals surface area contributed by atoms with Gasteiger partial charge in [-0.05, 0) is 59.5 Å². The first-order valence-electron chi connectivity index (χ1n) is 10.6. The van der Waals surface area contributed by atoms with Gasteiger partial charge in [0.2, 0.25) is 5.17 Å². The molecule has 0 saturated carbocycles. The first kappa shape index (κ1) is 22.1. The summed E-state index contributed by atoms with van der Waals surface area (Å²) < 4.78 is 7.91. The number of aromatic nitrogens is 1. The Bertz CT molecular complexity index is 1140. The van der Waals surface area contributed by atoms with E-state index in [0.717, 1.165) is 22.9 Å². The molecule has 0 unspecified atom stereocenters. The van der Waals surface area contributed by atoms with E-state index in [0.29, 0.717) is 18.3 Å². The van der Waals surface area contributed by atoms with Crippen LogP contribution in [0.2, 0.25) is 0 Å². The topological polar surface area (TPSA) is 83.0 Å². The number of rotatable bonds is 6. The van der Waals surface area contributed by atoms with Crippen LogP contribution in [0.3, 0.4) is 0 Å². The molecule has 2 aliphatic rings. The minimum atomic E-state index is -0.413. The van der Waals surface area contributed by atoms with Crippen LogP contribution in [-0.2, 0) is 16.8 Å². The summed E-state index contributed by atoms with van der Waals surface area (Å²) in [4.78, 5) is 16.7. The maximum Gasteiger partial charge on any atom is 0.283 e. The van der Waals surface area contributed by atoms with Gasteiger partial charge in [0, 0.05) is 11.9 Å². The van der Waals surface area contributed by atoms with E-state index in [4.69, 9.17) is 10.1 Å². The number of nitrogens with one attached hydrogen (secondary N) is 1. The molecule has 166 valence electrons. The monoisotopic (exact) mass is 449 g/mol. The van der Waals surface area contributed by atoms with Gasteiger partial charge in [0.25, 0.3) is 5.91 Å². The molecular formula is C24H27N5O2S. The second-order valence-corrected chi connectivity index (χ2v) is 9.66. The van der Waals surface area contributed by atoms with E-state index in [-0.39, 0.29) is 16.8 Å². The molecule has 1 aromatic carbocycles. The van der Waals surface area contributed by atoms with Gasteiger partial charge in [0.1, 0.15) is 17.4 Å². The van der Waals surface area contributed by atoms with E-state index in [1.165, 1.54) is 22.3 Å². The van der Waals surface area contributed by atoms with E-state index in [1.807, 2.05) is 42.0 Å². The summed E-state index contributed by atoms with van der Waals surface area (Å²) in [6, 6.07) is 12.0. The lowest BCUT2D eigenvalue weighted by Gasteiger charge is -2.20. The van der Waals surface area contributed by atoms with Gasteiger partial charge in [-0.3, -0.25) is 10.2 Å². The third kappa shape index (κ3) is 4.55. The van der Waals surface area contributed by atoms with E-state index < -0.39 is 5.91 Å². The van der Waals surface area contributed by atoms with Crippen molar-refractivity contribution in [2.75, 3.05) is 6.61 Å². The van der Waals surface area contributed by atoms with Crippen LogP contribution in [-0.4, -0.2) is 38.1 Å². The number of aliphatic imine (C=N–C) groups is 1. The highest BCUT2D eigenvalue weighted by Crippen LogP contribution is 2.29. The van der Waals surface area contributed by atoms with Gasteiger partial charge in [-0.25, -0.2) is 0 Å². The fourth-order valence-corrected chi connectivity index (χ4v) is 4.22. The van der Waals surface area contributed by atoms with E-state index >= 15 is 0 Å². The zero-order chi connectivity index (χ0) is 22.9. The molecule has 1 amide bonds. The van der Waals surface area contributed by atoms with Crippen LogP contribution in [0.5, 0.6) is 5.75 Å². The summed E-state index contributed by atoms with van der Waals surface area (Å²) in [6.45, 7) is 9.64. The van der Waals surface area contributed by atoms with Gasteiger partial charge in [0.15, 0.2) is 5.84 Å². The van der Waals surface area contributed by atoms with Gasteiger partial charge < -0.3 is 9.30 Å². The predicted molar refractivity (Wildman–Crippen MR) is 130 cm³/mol. The lowest BCUT2D eigenvalue weighted by atomic mass is 9.87. The molecule has 2 aliphatic heterocycles. The number of fused-ring (bicyclic) bond motifs is 1. The van der Waals surface area contributed by atoms with Crippen LogP contribution in [0.1, 0.15) is 45.4 Å². The Labute approximate surface area is 192 Å². The SMILES string of the molecule is CCC1=NN2C(=N)C(=Cc3cccn3CCOc3ccc(C(C)(C)C)cc3)C(=O)N=C2S1. The Morgan fingerprint density at radius 3 is 2.62 bits per heavy atom. The number of amidine groups is 2. The minimum Gasteiger partial charge on any atom is -0.492 e. The average Bonchev–Trinajstić information content (AvgIpc) is 3.37. The van der Waals surface area contributed by atoms with Crippen molar-refractivity contribution < 1.29 is 9.53 Å². The molecule has 8 heteroatoms. The van der Waals surface area contributed by atoms with Gasteiger partial charge in [0.05, 0.1) is 12.1 Å². The third-order valence-corrected chi connectivity index (χ3v) is 6.33. The molecule has 0 spiro atoms. The fourth-order valence-electron chi connectivity index (χ4n) is 3.40. The fraction of sp³-hybridized carbons (Fsp3) is 0.333. The Morgan fingerprint density at radius 1 is 1.19 bits per heavy atom. The second kappa shape index (κ2) is 8.78. The van der Waals surface area contributed by atoms with Crippen molar-refractivity contribution in [3.8, 4) is 5.75 Å². The number of carbonyl (C=O) groups excluding carboxylic acids is 1. The summed E-state index contributed by atoms with van der Waals surface area (Å²) >= 11 is 1.34. The number of carbonyl (C=O) groups is 1. The second-order valence-electron chi connectivity index (χ2n) is 8.62. The average molecular weight is 450 g/mol. The van der Waals surface area contributed by atoms with E-state index in [9.17, 15) is 4.79 Å². The summed E-state index contributed by atoms with van der Waals surface area (Å²) in [6.07, 6.45) is 4.37. The molecule has 1 N–H and O–H groups in total. The van der Waals surface area contributed by atoms with Crippen LogP contribution < -0.4 is 4.74 Å². The number of hydrazone groups is 1. The minimum absolute atomic E-state index is 0.0545. The predicted octanol–water partition coefficient (Wildman–Crippen LogP) is 4.89. The van der Waals surface area contributed by atoms with Crippen molar-refractivity contribution in [3.63, 3.8) is 0 Å². The molecule has 0 aliphatic carbocycles. The number of hydrogen-bond acceptors (Lipinski definition) is 5. The number of nitrogens with zero attached hydrogens (tertiary/aromatic N) is 4. The summed E-state index contributed by atoms with van der Waals surface area (Å²) in [5, 5.41) is 15.6. The Kier molecular flexibility index (Phi) is 6.06. The normalized spacial score (nSPS) is 17.5. The van der Waals surface area contributed by atoms with Crippen LogP contribution in [0.4, 0.5) is 0 Å². The molecule has 4 rings (SSSR count). The molecular weight excluding hydrogens is 422 g/mol. The van der Waals surface area contributed by atoms with Crippen molar-refractivity contribution in [1.82, 2.24) is 9.58 Å². The lowest BCUT2D eigenvalue weighted by Crippen LogP contribution is -2.35. The Balaban J connectivity index is 1.44. The molecule has 1 aromatic heterocycles. The first-order valence-corrected chi connectivity index (χ1v) is 11.5. The Hall–Kier alpha value is -3.13. The highest BCUT2D eigenvalue weighted by atomic mass is 32.2. The van der Waals surface area contributed by atoms with Gasteiger partial charge in [-0.1, -0.05) is 39.8 Å². The molecule has 7 nitrogen and oxygen atoms in total. The largest absolute Gasteiger partial charge is 0.492 e. The molecule has 0 radical (unpaired) electrons. The van der Waals surface area contributed by atoms with Crippen LogP contribution in [0.15, 0.2) is 58.3 Å². The van der Waals surface area contributed by atoms with E-state index in [1.54, 1.807) is 6.08 Å². The van der Waals surface area contributed by atoms with Crippen LogP contribution in [0, 0.1) is 5.41 Å². The molecule has 2 aromatic rings. The van der Waals surface area contributed by atoms with Crippen molar-refractivity contribution >= 4 is 39.8 Å². The van der Waals surface area contributed by atoms with Crippen molar-refractivity contribution in [3.05, 3.63) is 59.4 Å². The lowest BCUT2D eigenvalue weighted by molar-refractivity contribution is -0.114. The zero-order valence-electron chi connectivity index (χ0n) is 18.8. The maximum atomic E-state index is 12.6. The first-order chi connectivity index (χ1) is 15.3. The maximum absolute atomic E-state index is 12.6. The standard InChI is InChI=1S/C24H27N5O2S/c1-5-20-27-29-21(25)19(22(30)26-23(29)32-20)15-17-7-6-12-28(17)13-14-31-18-10-8-16(9-11-18)24(2,3)4/h6-12,15,25H,5,13-14H2,1-4H3. The highest BCUT2D eigenvalue weighted by Gasteiger charge is 2.35. The van der Waals surface area contributed by atoms with Crippen molar-refractivity contribution in [2.24, 2.45) is 10.1 Å². The van der Waals surface area contributed by atoms with Crippen LogP contribution in [0.25, 0.3) is 6.08 Å². The number of ether oxygens (including phenoxy) is 1. The highest BCUT2D eigenvalue weighted by molar-refractivity contribution is 8.26. The molecule has 0 saturated heterocycles. The quantitative estimate of drug-likeness (QED) is 0.636. The molecule has 0 atom stereocenters. The third-order valence-electron chi connectivity index (χ3n) is 5.28. The Morgan fingerprint density at radius 2 is 1.94 bits per heavy atom. The number of benzene rings is 1. The van der Waals surface area contributed by atoms with Crippen LogP contribution >= 0.6 is 11.8 Å². The smallest absolute Gasteiger partial charge is 0.283 e. The van der Waals surface area contributed by atoms with Gasteiger partial charge in [-0.15, -0.1) is 0 Å². The van der Waals surface area contributed by atoms with Gasteiger partial charge in [-0.2, -0.15) is 15.1 Å². The molecule has 0 bridgehead atoms. The summed E-state index contributed by atoms with van der Waals surface area (Å²) in [7, 11) is 0. The van der Waals surface area contributed by atoms with E-state index in [2.05, 4.69) is 43.0 Å².